The van der Waals surface area contributed by atoms with E-state index in [2.05, 4.69) is 4.98 Å². The van der Waals surface area contributed by atoms with Crippen LogP contribution in [0.1, 0.15) is 19.4 Å². The largest absolute Gasteiger partial charge is 0.462 e. The third-order valence-corrected chi connectivity index (χ3v) is 1.87. The van der Waals surface area contributed by atoms with Crippen LogP contribution >= 0.6 is 0 Å². The van der Waals surface area contributed by atoms with Gasteiger partial charge in [-0.3, -0.25) is 9.78 Å². The van der Waals surface area contributed by atoms with Crippen LogP contribution in [-0.4, -0.2) is 23.3 Å². The molecule has 0 aromatic carbocycles. The van der Waals surface area contributed by atoms with E-state index in [1.165, 1.54) is 13.0 Å². The van der Waals surface area contributed by atoms with Crippen molar-refractivity contribution in [1.82, 2.24) is 4.98 Å². The molecule has 0 aliphatic carbocycles. The minimum Gasteiger partial charge on any atom is -0.462 e. The summed E-state index contributed by atoms with van der Waals surface area (Å²) in [7, 11) is 0. The first-order valence-electron chi connectivity index (χ1n) is 4.95. The Bertz CT molecular complexity index is 410. The second-order valence-electron chi connectivity index (χ2n) is 3.12. The third kappa shape index (κ3) is 3.31. The van der Waals surface area contributed by atoms with Gasteiger partial charge >= 0.3 is 5.97 Å². The van der Waals surface area contributed by atoms with Gasteiger partial charge in [0.15, 0.2) is 5.78 Å². The Hall–Kier alpha value is -1.97. The van der Waals surface area contributed by atoms with Crippen molar-refractivity contribution in [3.63, 3.8) is 0 Å². The highest BCUT2D eigenvalue weighted by molar-refractivity contribution is 6.19. The summed E-state index contributed by atoms with van der Waals surface area (Å²) < 4.78 is 4.79. The van der Waals surface area contributed by atoms with E-state index in [4.69, 9.17) is 4.74 Å². The number of ether oxygens (including phenoxy) is 1. The van der Waals surface area contributed by atoms with Crippen LogP contribution in [0.3, 0.4) is 0 Å². The molecule has 0 aliphatic rings. The number of hydrogen-bond donors (Lipinski definition) is 0. The van der Waals surface area contributed by atoms with Crippen molar-refractivity contribution in [3.05, 3.63) is 35.7 Å². The minimum absolute atomic E-state index is 0.0369. The molecule has 0 aliphatic heterocycles. The minimum atomic E-state index is -0.598. The molecular formula is C12H13NO3. The number of hydrogen-bond acceptors (Lipinski definition) is 4. The number of aromatic nitrogens is 1. The zero-order valence-electron chi connectivity index (χ0n) is 9.27. The van der Waals surface area contributed by atoms with Crippen molar-refractivity contribution in [2.45, 2.75) is 13.8 Å². The van der Waals surface area contributed by atoms with Gasteiger partial charge in [0, 0.05) is 12.4 Å². The molecule has 0 saturated heterocycles. The number of pyridine rings is 1. The first-order valence-corrected chi connectivity index (χ1v) is 4.95. The monoisotopic (exact) mass is 219 g/mol. The Morgan fingerprint density at radius 2 is 2.25 bits per heavy atom. The average molecular weight is 219 g/mol. The highest BCUT2D eigenvalue weighted by atomic mass is 16.5. The van der Waals surface area contributed by atoms with Crippen molar-refractivity contribution in [3.8, 4) is 0 Å². The first-order chi connectivity index (χ1) is 7.65. The molecule has 0 amide bonds. The summed E-state index contributed by atoms with van der Waals surface area (Å²) in [4.78, 5) is 26.6. The predicted octanol–water partition coefficient (Wildman–Crippen LogP) is 1.62. The van der Waals surface area contributed by atoms with Crippen molar-refractivity contribution >= 4 is 17.8 Å². The van der Waals surface area contributed by atoms with E-state index in [1.807, 2.05) is 0 Å². The summed E-state index contributed by atoms with van der Waals surface area (Å²) in [5.41, 5.74) is 0.732. The molecule has 0 bridgehead atoms. The standard InChI is InChI=1S/C12H13NO3/c1-3-16-12(15)11(9(2)14)7-10-5-4-6-13-8-10/h4-8H,3H2,1-2H3. The number of rotatable bonds is 4. The Labute approximate surface area is 94.0 Å². The van der Waals surface area contributed by atoms with Crippen LogP contribution in [0.2, 0.25) is 0 Å². The van der Waals surface area contributed by atoms with E-state index in [0.717, 1.165) is 0 Å². The van der Waals surface area contributed by atoms with E-state index >= 15 is 0 Å². The van der Waals surface area contributed by atoms with Crippen LogP contribution < -0.4 is 0 Å². The van der Waals surface area contributed by atoms with E-state index < -0.39 is 5.97 Å². The summed E-state index contributed by atoms with van der Waals surface area (Å²) >= 11 is 0. The lowest BCUT2D eigenvalue weighted by Gasteiger charge is -2.03. The van der Waals surface area contributed by atoms with E-state index in [1.54, 1.807) is 31.5 Å². The fourth-order valence-corrected chi connectivity index (χ4v) is 1.14. The van der Waals surface area contributed by atoms with Crippen LogP contribution in [-0.2, 0) is 14.3 Å². The lowest BCUT2D eigenvalue weighted by atomic mass is 10.1. The van der Waals surface area contributed by atoms with E-state index in [0.29, 0.717) is 5.56 Å². The van der Waals surface area contributed by atoms with Gasteiger partial charge in [-0.1, -0.05) is 6.07 Å². The van der Waals surface area contributed by atoms with Crippen molar-refractivity contribution < 1.29 is 14.3 Å². The lowest BCUT2D eigenvalue weighted by Crippen LogP contribution is -2.13. The smallest absolute Gasteiger partial charge is 0.341 e. The second-order valence-corrected chi connectivity index (χ2v) is 3.12. The maximum Gasteiger partial charge on any atom is 0.341 e. The molecule has 16 heavy (non-hydrogen) atoms. The number of carbonyl (C=O) groups excluding carboxylic acids is 2. The van der Waals surface area contributed by atoms with Crippen molar-refractivity contribution in [2.75, 3.05) is 6.61 Å². The number of nitrogens with zero attached hydrogens (tertiary/aromatic N) is 1. The fraction of sp³-hybridized carbons (Fsp3) is 0.250. The fourth-order valence-electron chi connectivity index (χ4n) is 1.14. The molecule has 1 rings (SSSR count). The van der Waals surface area contributed by atoms with Gasteiger partial charge < -0.3 is 4.74 Å². The summed E-state index contributed by atoms with van der Waals surface area (Å²) in [6.45, 7) is 3.27. The van der Waals surface area contributed by atoms with Gasteiger partial charge in [0.25, 0.3) is 0 Å². The predicted molar refractivity (Wildman–Crippen MR) is 59.5 cm³/mol. The van der Waals surface area contributed by atoms with Gasteiger partial charge in [-0.2, -0.15) is 0 Å². The number of ketones is 1. The molecule has 0 saturated carbocycles. The van der Waals surface area contributed by atoms with Crippen LogP contribution in [0.15, 0.2) is 30.1 Å². The molecule has 0 radical (unpaired) electrons. The maximum atomic E-state index is 11.5. The number of esters is 1. The second kappa shape index (κ2) is 5.80. The molecule has 1 aromatic heterocycles. The molecule has 4 nitrogen and oxygen atoms in total. The molecule has 4 heteroatoms. The SMILES string of the molecule is CCOC(=O)C(=Cc1cccnc1)C(C)=O. The van der Waals surface area contributed by atoms with Crippen LogP contribution in [0.5, 0.6) is 0 Å². The Morgan fingerprint density at radius 1 is 1.50 bits per heavy atom. The molecule has 0 spiro atoms. The van der Waals surface area contributed by atoms with Gasteiger partial charge in [-0.15, -0.1) is 0 Å². The van der Waals surface area contributed by atoms with Crippen LogP contribution in [0, 0.1) is 0 Å². The summed E-state index contributed by atoms with van der Waals surface area (Å²) in [6.07, 6.45) is 4.67. The summed E-state index contributed by atoms with van der Waals surface area (Å²) in [5, 5.41) is 0. The van der Waals surface area contributed by atoms with Gasteiger partial charge in [-0.25, -0.2) is 4.79 Å². The van der Waals surface area contributed by atoms with Gasteiger partial charge in [0.2, 0.25) is 0 Å². The number of carbonyl (C=O) groups is 2. The van der Waals surface area contributed by atoms with Gasteiger partial charge in [0.1, 0.15) is 5.57 Å². The zero-order chi connectivity index (χ0) is 12.0. The maximum absolute atomic E-state index is 11.5. The Morgan fingerprint density at radius 3 is 2.75 bits per heavy atom. The Balaban J connectivity index is 2.99. The number of Topliss-reactive ketones (excluding diaryl/α,β-unsaturated/α-hetero) is 1. The van der Waals surface area contributed by atoms with Gasteiger partial charge in [0.05, 0.1) is 6.61 Å². The normalized spacial score (nSPS) is 11.0. The van der Waals surface area contributed by atoms with E-state index in [-0.39, 0.29) is 18.0 Å². The van der Waals surface area contributed by atoms with Crippen LogP contribution in [0.4, 0.5) is 0 Å². The quantitative estimate of drug-likeness (QED) is 0.334. The van der Waals surface area contributed by atoms with Gasteiger partial charge in [-0.05, 0) is 31.6 Å². The lowest BCUT2D eigenvalue weighted by molar-refractivity contribution is -0.139. The van der Waals surface area contributed by atoms with E-state index in [9.17, 15) is 9.59 Å². The molecule has 0 N–H and O–H groups in total. The molecule has 1 aromatic rings. The summed E-state index contributed by atoms with van der Waals surface area (Å²) in [6, 6.07) is 3.49. The zero-order valence-corrected chi connectivity index (χ0v) is 9.27. The highest BCUT2D eigenvalue weighted by Gasteiger charge is 2.15. The third-order valence-electron chi connectivity index (χ3n) is 1.87. The molecule has 1 heterocycles. The first kappa shape index (κ1) is 12.1. The summed E-state index contributed by atoms with van der Waals surface area (Å²) in [5.74, 6) is -0.916. The molecule has 84 valence electrons. The molecular weight excluding hydrogens is 206 g/mol. The topological polar surface area (TPSA) is 56.3 Å². The highest BCUT2D eigenvalue weighted by Crippen LogP contribution is 2.08. The average Bonchev–Trinajstić information content (AvgIpc) is 2.27. The molecule has 0 fully saturated rings. The molecule has 0 atom stereocenters. The van der Waals surface area contributed by atoms with Crippen molar-refractivity contribution in [2.24, 2.45) is 0 Å². The van der Waals surface area contributed by atoms with Crippen LogP contribution in [0.25, 0.3) is 6.08 Å². The molecule has 0 unspecified atom stereocenters. The Kier molecular flexibility index (Phi) is 4.39. The van der Waals surface area contributed by atoms with Crippen molar-refractivity contribution in [1.29, 1.82) is 0 Å².